The van der Waals surface area contributed by atoms with Crippen LogP contribution in [0.15, 0.2) is 30.3 Å². The second-order valence-corrected chi connectivity index (χ2v) is 4.57. The minimum absolute atomic E-state index is 0.0607. The van der Waals surface area contributed by atoms with Gasteiger partial charge in [-0.3, -0.25) is 4.79 Å². The van der Waals surface area contributed by atoms with Gasteiger partial charge in [0.2, 0.25) is 0 Å². The number of carbonyl (C=O) groups excluding carboxylic acids is 1. The summed E-state index contributed by atoms with van der Waals surface area (Å²) in [5, 5.41) is 0. The molecule has 1 aliphatic rings. The first-order chi connectivity index (χ1) is 8.93. The second kappa shape index (κ2) is 5.19. The first-order valence-corrected chi connectivity index (χ1v) is 5.93. The van der Waals surface area contributed by atoms with E-state index in [1.165, 1.54) is 0 Å². The van der Waals surface area contributed by atoms with Crippen LogP contribution in [0.1, 0.15) is 17.9 Å². The van der Waals surface area contributed by atoms with Crippen molar-refractivity contribution in [3.05, 3.63) is 35.9 Å². The molecule has 1 unspecified atom stereocenters. The van der Waals surface area contributed by atoms with E-state index < -0.39 is 18.3 Å². The number of carbonyl (C=O) groups is 1. The van der Waals surface area contributed by atoms with E-state index in [0.29, 0.717) is 6.42 Å². The molecule has 1 aromatic carbocycles. The summed E-state index contributed by atoms with van der Waals surface area (Å²) in [6.07, 6.45) is -3.45. The van der Waals surface area contributed by atoms with Crippen molar-refractivity contribution in [3.8, 4) is 0 Å². The first kappa shape index (κ1) is 13.8. The van der Waals surface area contributed by atoms with Gasteiger partial charge in [0.05, 0.1) is 0 Å². The van der Waals surface area contributed by atoms with Crippen molar-refractivity contribution < 1.29 is 22.4 Å². The number of rotatable bonds is 3. The maximum absolute atomic E-state index is 13.0. The van der Waals surface area contributed by atoms with Gasteiger partial charge >= 0.3 is 12.3 Å². The van der Waals surface area contributed by atoms with Crippen LogP contribution in [0, 0.1) is 0 Å². The van der Waals surface area contributed by atoms with Gasteiger partial charge < -0.3 is 4.90 Å². The number of nitrogens with zero attached hydrogens (tertiary/aromatic N) is 1. The van der Waals surface area contributed by atoms with Gasteiger partial charge in [-0.25, -0.2) is 8.78 Å². The molecule has 0 aromatic heterocycles. The molecule has 0 N–H and O–H groups in total. The summed E-state index contributed by atoms with van der Waals surface area (Å²) in [4.78, 5) is 12.2. The van der Waals surface area contributed by atoms with E-state index in [4.69, 9.17) is 0 Å². The van der Waals surface area contributed by atoms with Crippen LogP contribution in [0.4, 0.5) is 17.6 Å². The summed E-state index contributed by atoms with van der Waals surface area (Å²) in [7, 11) is 0. The molecule has 2 rings (SSSR count). The van der Waals surface area contributed by atoms with Crippen LogP contribution in [-0.2, 0) is 4.79 Å². The normalized spacial score (nSPS) is 20.1. The average Bonchev–Trinajstić information content (AvgIpc) is 2.88. The van der Waals surface area contributed by atoms with E-state index in [0.717, 1.165) is 10.5 Å². The quantitative estimate of drug-likeness (QED) is 0.777. The lowest BCUT2D eigenvalue weighted by Crippen LogP contribution is -2.46. The molecule has 104 valence electrons. The topological polar surface area (TPSA) is 20.3 Å². The van der Waals surface area contributed by atoms with E-state index >= 15 is 0 Å². The third-order valence-corrected chi connectivity index (χ3v) is 3.31. The number of amides is 1. The number of alkyl halides is 4. The van der Waals surface area contributed by atoms with Crippen molar-refractivity contribution in [3.63, 3.8) is 0 Å². The summed E-state index contributed by atoms with van der Waals surface area (Å²) in [5.41, 5.74) is 0.929. The number of likely N-dealkylation sites (tertiary alicyclic amines) is 1. The maximum Gasteiger partial charge on any atom is 0.383 e. The van der Waals surface area contributed by atoms with E-state index in [-0.39, 0.29) is 19.0 Å². The Kier molecular flexibility index (Phi) is 3.78. The molecule has 0 bridgehead atoms. The standard InChI is InChI=1S/C13H13F4NO/c14-11(15)13(16,17)12(19)18-7-6-10(8-18)9-4-2-1-3-5-9/h1-5,10-11H,6-8H2. The summed E-state index contributed by atoms with van der Waals surface area (Å²) >= 11 is 0. The molecular weight excluding hydrogens is 262 g/mol. The van der Waals surface area contributed by atoms with E-state index in [2.05, 4.69) is 0 Å². The molecule has 1 atom stereocenters. The van der Waals surface area contributed by atoms with Gasteiger partial charge in [0.15, 0.2) is 0 Å². The van der Waals surface area contributed by atoms with Crippen molar-refractivity contribution in [2.75, 3.05) is 13.1 Å². The molecular formula is C13H13F4NO. The maximum atomic E-state index is 13.0. The fourth-order valence-electron chi connectivity index (χ4n) is 2.25. The van der Waals surface area contributed by atoms with Gasteiger partial charge in [0, 0.05) is 19.0 Å². The smallest absolute Gasteiger partial charge is 0.337 e. The van der Waals surface area contributed by atoms with Gasteiger partial charge in [0.1, 0.15) is 0 Å². The molecule has 1 amide bonds. The molecule has 1 saturated heterocycles. The van der Waals surface area contributed by atoms with Crippen molar-refractivity contribution in [1.29, 1.82) is 0 Å². The van der Waals surface area contributed by atoms with Crippen molar-refractivity contribution in [2.45, 2.75) is 24.7 Å². The van der Waals surface area contributed by atoms with Crippen molar-refractivity contribution in [1.82, 2.24) is 4.90 Å². The lowest BCUT2D eigenvalue weighted by Gasteiger charge is -2.22. The highest BCUT2D eigenvalue weighted by molar-refractivity contribution is 5.84. The molecule has 2 nitrogen and oxygen atoms in total. The zero-order chi connectivity index (χ0) is 14.0. The summed E-state index contributed by atoms with van der Waals surface area (Å²) in [6, 6.07) is 9.13. The minimum Gasteiger partial charge on any atom is -0.337 e. The second-order valence-electron chi connectivity index (χ2n) is 4.57. The Morgan fingerprint density at radius 3 is 2.47 bits per heavy atom. The molecule has 0 saturated carbocycles. The van der Waals surface area contributed by atoms with Crippen LogP contribution < -0.4 is 0 Å². The van der Waals surface area contributed by atoms with Gasteiger partial charge in [-0.15, -0.1) is 0 Å². The highest BCUT2D eigenvalue weighted by Gasteiger charge is 2.52. The molecule has 0 spiro atoms. The zero-order valence-electron chi connectivity index (χ0n) is 10.0. The third kappa shape index (κ3) is 2.72. The lowest BCUT2D eigenvalue weighted by molar-refractivity contribution is -0.179. The van der Waals surface area contributed by atoms with Crippen molar-refractivity contribution in [2.24, 2.45) is 0 Å². The number of halogens is 4. The van der Waals surface area contributed by atoms with Crippen LogP contribution in [0.2, 0.25) is 0 Å². The molecule has 0 aliphatic carbocycles. The summed E-state index contributed by atoms with van der Waals surface area (Å²) < 4.78 is 50.2. The fraction of sp³-hybridized carbons (Fsp3) is 0.462. The molecule has 1 heterocycles. The largest absolute Gasteiger partial charge is 0.383 e. The van der Waals surface area contributed by atoms with Crippen LogP contribution in [0.5, 0.6) is 0 Å². The Hall–Kier alpha value is -1.59. The molecule has 1 aromatic rings. The minimum atomic E-state index is -4.59. The Morgan fingerprint density at radius 2 is 1.89 bits per heavy atom. The third-order valence-electron chi connectivity index (χ3n) is 3.31. The lowest BCUT2D eigenvalue weighted by atomic mass is 9.99. The predicted octanol–water partition coefficient (Wildman–Crippen LogP) is 2.90. The van der Waals surface area contributed by atoms with Gasteiger partial charge in [-0.05, 0) is 12.0 Å². The van der Waals surface area contributed by atoms with Crippen LogP contribution in [0.25, 0.3) is 0 Å². The molecule has 19 heavy (non-hydrogen) atoms. The number of hydrogen-bond acceptors (Lipinski definition) is 1. The first-order valence-electron chi connectivity index (χ1n) is 5.93. The zero-order valence-corrected chi connectivity index (χ0v) is 10.0. The Labute approximate surface area is 108 Å². The van der Waals surface area contributed by atoms with Crippen LogP contribution in [0.3, 0.4) is 0 Å². The fourth-order valence-corrected chi connectivity index (χ4v) is 2.25. The summed E-state index contributed by atoms with van der Waals surface area (Å²) in [6.45, 7) is 0.145. The monoisotopic (exact) mass is 275 g/mol. The Balaban J connectivity index is 2.05. The molecule has 1 fully saturated rings. The van der Waals surface area contributed by atoms with E-state index in [9.17, 15) is 22.4 Å². The molecule has 1 aliphatic heterocycles. The SMILES string of the molecule is O=C(N1CCC(c2ccccc2)C1)C(F)(F)C(F)F. The van der Waals surface area contributed by atoms with Gasteiger partial charge in [0.25, 0.3) is 5.91 Å². The Morgan fingerprint density at radius 1 is 1.26 bits per heavy atom. The molecule has 6 heteroatoms. The molecule has 0 radical (unpaired) electrons. The van der Waals surface area contributed by atoms with Gasteiger partial charge in [-0.1, -0.05) is 30.3 Å². The highest BCUT2D eigenvalue weighted by Crippen LogP contribution is 2.32. The highest BCUT2D eigenvalue weighted by atomic mass is 19.3. The van der Waals surface area contributed by atoms with Gasteiger partial charge in [-0.2, -0.15) is 8.78 Å². The predicted molar refractivity (Wildman–Crippen MR) is 61.3 cm³/mol. The average molecular weight is 275 g/mol. The number of hydrogen-bond donors (Lipinski definition) is 0. The summed E-state index contributed by atoms with van der Waals surface area (Å²) in [5.74, 6) is -6.44. The van der Waals surface area contributed by atoms with Crippen LogP contribution in [-0.4, -0.2) is 36.2 Å². The number of benzene rings is 1. The van der Waals surface area contributed by atoms with E-state index in [1.54, 1.807) is 0 Å². The van der Waals surface area contributed by atoms with E-state index in [1.807, 2.05) is 30.3 Å². The Bertz CT molecular complexity index is 449. The van der Waals surface area contributed by atoms with Crippen molar-refractivity contribution >= 4 is 5.91 Å². The van der Waals surface area contributed by atoms with Crippen LogP contribution >= 0.6 is 0 Å².